The number of amides is 2. The zero-order valence-corrected chi connectivity index (χ0v) is 19.8. The predicted molar refractivity (Wildman–Crippen MR) is 131 cm³/mol. The first-order valence-electron chi connectivity index (χ1n) is 10.7. The van der Waals surface area contributed by atoms with Crippen molar-refractivity contribution in [3.63, 3.8) is 0 Å². The number of ether oxygens (including phenoxy) is 2. The molecule has 35 heavy (non-hydrogen) atoms. The van der Waals surface area contributed by atoms with Crippen molar-refractivity contribution < 1.29 is 24.0 Å². The molecule has 1 fully saturated rings. The predicted octanol–water partition coefficient (Wildman–Crippen LogP) is 5.73. The van der Waals surface area contributed by atoms with Crippen molar-refractivity contribution in [3.8, 4) is 17.4 Å². The summed E-state index contributed by atoms with van der Waals surface area (Å²) in [5, 5.41) is 10.5. The third-order valence-electron chi connectivity index (χ3n) is 5.01. The molecule has 3 aromatic rings. The summed E-state index contributed by atoms with van der Waals surface area (Å²) < 4.78 is 11.4. The molecule has 0 N–H and O–H groups in total. The minimum Gasteiger partial charge on any atom is -0.490 e. The van der Waals surface area contributed by atoms with E-state index in [9.17, 15) is 19.7 Å². The molecule has 0 saturated carbocycles. The molecule has 0 radical (unpaired) electrons. The average molecular weight is 492 g/mol. The molecule has 1 saturated heterocycles. The quantitative estimate of drug-likeness (QED) is 0.223. The molecular formula is C25H21N3O6S. The molecule has 0 aliphatic carbocycles. The van der Waals surface area contributed by atoms with E-state index in [2.05, 4.69) is 4.98 Å². The van der Waals surface area contributed by atoms with Gasteiger partial charge in [0.1, 0.15) is 6.20 Å². The van der Waals surface area contributed by atoms with Gasteiger partial charge in [-0.3, -0.25) is 24.6 Å². The maximum Gasteiger partial charge on any atom is 0.293 e. The Kier molecular flexibility index (Phi) is 7.11. The van der Waals surface area contributed by atoms with Crippen LogP contribution in [0.4, 0.5) is 10.5 Å². The Bertz CT molecular complexity index is 1320. The first-order chi connectivity index (χ1) is 16.8. The minimum atomic E-state index is -0.542. The maximum absolute atomic E-state index is 12.9. The summed E-state index contributed by atoms with van der Waals surface area (Å²) in [6.07, 6.45) is 2.74. The second-order valence-corrected chi connectivity index (χ2v) is 8.60. The fraction of sp³-hybridized carbons (Fsp3) is 0.160. The number of benzene rings is 2. The summed E-state index contributed by atoms with van der Waals surface area (Å²) in [6, 6.07) is 15.4. The van der Waals surface area contributed by atoms with Crippen LogP contribution in [0.2, 0.25) is 0 Å². The van der Waals surface area contributed by atoms with Crippen LogP contribution < -0.4 is 9.47 Å². The number of hydrogen-bond donors (Lipinski definition) is 0. The van der Waals surface area contributed by atoms with E-state index in [1.807, 2.05) is 38.1 Å². The minimum absolute atomic E-state index is 0.144. The van der Waals surface area contributed by atoms with Gasteiger partial charge in [0.05, 0.1) is 23.0 Å². The Hall–Kier alpha value is -4.18. The fourth-order valence-corrected chi connectivity index (χ4v) is 4.24. The molecule has 2 amide bonds. The number of nitro groups is 1. The topological polar surface area (TPSA) is 112 Å². The molecule has 1 aliphatic rings. The molecule has 0 bridgehead atoms. The summed E-state index contributed by atoms with van der Waals surface area (Å²) in [6.45, 7) is 4.35. The summed E-state index contributed by atoms with van der Waals surface area (Å²) in [5.74, 6) is 0.578. The van der Waals surface area contributed by atoms with Gasteiger partial charge in [-0.05, 0) is 54.9 Å². The molecule has 0 atom stereocenters. The van der Waals surface area contributed by atoms with E-state index in [0.29, 0.717) is 28.6 Å². The van der Waals surface area contributed by atoms with E-state index in [4.69, 9.17) is 9.47 Å². The summed E-state index contributed by atoms with van der Waals surface area (Å²) >= 11 is 0.891. The van der Waals surface area contributed by atoms with Crippen molar-refractivity contribution in [3.05, 3.63) is 92.5 Å². The van der Waals surface area contributed by atoms with Crippen LogP contribution in [0.1, 0.15) is 23.6 Å². The van der Waals surface area contributed by atoms with Gasteiger partial charge in [-0.15, -0.1) is 0 Å². The highest BCUT2D eigenvalue weighted by molar-refractivity contribution is 8.18. The van der Waals surface area contributed by atoms with Crippen molar-refractivity contribution >= 4 is 34.7 Å². The smallest absolute Gasteiger partial charge is 0.293 e. The van der Waals surface area contributed by atoms with Gasteiger partial charge in [-0.2, -0.15) is 0 Å². The summed E-state index contributed by atoms with van der Waals surface area (Å²) in [4.78, 5) is 41.2. The van der Waals surface area contributed by atoms with Crippen LogP contribution in [-0.2, 0) is 11.3 Å². The number of aryl methyl sites for hydroxylation is 1. The Balaban J connectivity index is 1.54. The van der Waals surface area contributed by atoms with Gasteiger partial charge in [0.25, 0.3) is 16.8 Å². The third kappa shape index (κ3) is 5.67. The lowest BCUT2D eigenvalue weighted by Gasteiger charge is -2.13. The molecule has 1 aromatic heterocycles. The van der Waals surface area contributed by atoms with Crippen molar-refractivity contribution in [2.24, 2.45) is 0 Å². The lowest BCUT2D eigenvalue weighted by Crippen LogP contribution is -2.27. The van der Waals surface area contributed by atoms with Crippen molar-refractivity contribution in [2.45, 2.75) is 20.4 Å². The molecule has 9 nitrogen and oxygen atoms in total. The number of rotatable bonds is 8. The number of nitrogens with zero attached hydrogens (tertiary/aromatic N) is 3. The zero-order valence-electron chi connectivity index (χ0n) is 19.0. The van der Waals surface area contributed by atoms with E-state index in [0.717, 1.165) is 29.1 Å². The zero-order chi connectivity index (χ0) is 24.9. The molecule has 4 rings (SSSR count). The lowest BCUT2D eigenvalue weighted by atomic mass is 10.1. The van der Waals surface area contributed by atoms with Crippen molar-refractivity contribution in [2.75, 3.05) is 6.61 Å². The van der Waals surface area contributed by atoms with E-state index >= 15 is 0 Å². The number of imide groups is 1. The van der Waals surface area contributed by atoms with Crippen LogP contribution in [0.15, 0.2) is 65.7 Å². The first kappa shape index (κ1) is 24.0. The van der Waals surface area contributed by atoms with Crippen LogP contribution >= 0.6 is 11.8 Å². The largest absolute Gasteiger partial charge is 0.490 e. The molecule has 0 unspecified atom stereocenters. The van der Waals surface area contributed by atoms with Crippen LogP contribution in [0, 0.1) is 17.0 Å². The SMILES string of the molecule is CCOc1cc(/C=C2\SC(=O)N(Cc3cccc(C)c3)C2=O)ccc1Oc1ccc([N+](=O)[O-])cn1. The van der Waals surface area contributed by atoms with Crippen LogP contribution in [-0.4, -0.2) is 32.6 Å². The standard InChI is InChI=1S/C25H21N3O6S/c1-3-33-21-12-17(7-9-20(21)34-23-10-8-19(14-26-23)28(31)32)13-22-24(29)27(25(30)35-22)15-18-6-4-5-16(2)11-18/h4-14H,3,15H2,1-2H3/b22-13-. The van der Waals surface area contributed by atoms with Crippen LogP contribution in [0.25, 0.3) is 6.08 Å². The summed E-state index contributed by atoms with van der Waals surface area (Å²) in [5.41, 5.74) is 2.45. The van der Waals surface area contributed by atoms with Gasteiger partial charge in [0.15, 0.2) is 11.5 Å². The number of carbonyl (C=O) groups excluding carboxylic acids is 2. The van der Waals surface area contributed by atoms with Gasteiger partial charge in [-0.1, -0.05) is 35.9 Å². The normalized spacial score (nSPS) is 14.5. The van der Waals surface area contributed by atoms with E-state index in [1.54, 1.807) is 24.3 Å². The second-order valence-electron chi connectivity index (χ2n) is 7.61. The number of thioether (sulfide) groups is 1. The van der Waals surface area contributed by atoms with Gasteiger partial charge in [-0.25, -0.2) is 4.98 Å². The first-order valence-corrected chi connectivity index (χ1v) is 11.5. The second kappa shape index (κ2) is 10.4. The average Bonchev–Trinajstić information content (AvgIpc) is 3.08. The van der Waals surface area contributed by atoms with Crippen LogP contribution in [0.3, 0.4) is 0 Å². The molecule has 2 heterocycles. The third-order valence-corrected chi connectivity index (χ3v) is 5.92. The van der Waals surface area contributed by atoms with Crippen molar-refractivity contribution in [1.82, 2.24) is 9.88 Å². The number of hydrogen-bond acceptors (Lipinski definition) is 8. The van der Waals surface area contributed by atoms with E-state index < -0.39 is 4.92 Å². The van der Waals surface area contributed by atoms with E-state index in [-0.39, 0.29) is 29.3 Å². The number of pyridine rings is 1. The maximum atomic E-state index is 12.9. The van der Waals surface area contributed by atoms with Gasteiger partial charge in [0.2, 0.25) is 5.88 Å². The molecule has 2 aromatic carbocycles. The monoisotopic (exact) mass is 491 g/mol. The highest BCUT2D eigenvalue weighted by atomic mass is 32.2. The molecule has 10 heteroatoms. The Morgan fingerprint density at radius 2 is 1.94 bits per heavy atom. The van der Waals surface area contributed by atoms with Gasteiger partial charge >= 0.3 is 0 Å². The van der Waals surface area contributed by atoms with Crippen LogP contribution in [0.5, 0.6) is 17.4 Å². The van der Waals surface area contributed by atoms with Crippen molar-refractivity contribution in [1.29, 1.82) is 0 Å². The van der Waals surface area contributed by atoms with E-state index in [1.165, 1.54) is 17.0 Å². The highest BCUT2D eigenvalue weighted by Crippen LogP contribution is 2.36. The number of aromatic nitrogens is 1. The fourth-order valence-electron chi connectivity index (χ4n) is 3.40. The Morgan fingerprint density at radius 3 is 2.63 bits per heavy atom. The van der Waals surface area contributed by atoms with Gasteiger partial charge in [0, 0.05) is 12.1 Å². The molecule has 178 valence electrons. The molecular weight excluding hydrogens is 470 g/mol. The molecule has 0 spiro atoms. The lowest BCUT2D eigenvalue weighted by molar-refractivity contribution is -0.385. The highest BCUT2D eigenvalue weighted by Gasteiger charge is 2.35. The Morgan fingerprint density at radius 1 is 1.11 bits per heavy atom. The number of carbonyl (C=O) groups is 2. The van der Waals surface area contributed by atoms with Gasteiger partial charge < -0.3 is 9.47 Å². The summed E-state index contributed by atoms with van der Waals surface area (Å²) in [7, 11) is 0. The molecule has 1 aliphatic heterocycles. The Labute approximate surface area is 205 Å².